The monoisotopic (exact) mass is 519 g/mol. The van der Waals surface area contributed by atoms with E-state index in [0.29, 0.717) is 26.2 Å². The molecule has 11 heteroatoms. The van der Waals surface area contributed by atoms with Gasteiger partial charge in [-0.05, 0) is 49.2 Å². The molecule has 0 radical (unpaired) electrons. The zero-order valence-corrected chi connectivity index (χ0v) is 21.1. The first kappa shape index (κ1) is 26.3. The van der Waals surface area contributed by atoms with E-state index >= 15 is 0 Å². The Morgan fingerprint density at radius 2 is 1.66 bits per heavy atom. The Morgan fingerprint density at radius 1 is 1.06 bits per heavy atom. The zero-order valence-electron chi connectivity index (χ0n) is 18.0. The normalized spacial score (nSPS) is 12.2. The van der Waals surface area contributed by atoms with Crippen LogP contribution in [0.15, 0.2) is 36.4 Å². The summed E-state index contributed by atoms with van der Waals surface area (Å²) in [5.41, 5.74) is 1.47. The molecule has 1 N–H and O–H groups in total. The lowest BCUT2D eigenvalue weighted by Gasteiger charge is -2.32. The van der Waals surface area contributed by atoms with Gasteiger partial charge in [-0.15, -0.1) is 0 Å². The van der Waals surface area contributed by atoms with Crippen molar-refractivity contribution >= 4 is 62.3 Å². The van der Waals surface area contributed by atoms with E-state index in [1.807, 2.05) is 0 Å². The molecule has 0 aliphatic carbocycles. The quantitative estimate of drug-likeness (QED) is 0.572. The minimum atomic E-state index is -3.84. The maximum atomic E-state index is 13.4. The van der Waals surface area contributed by atoms with Gasteiger partial charge in [0.2, 0.25) is 21.8 Å². The second kappa shape index (κ2) is 10.7. The summed E-state index contributed by atoms with van der Waals surface area (Å²) in [6.45, 7) is 2.73. The number of nitrogens with one attached hydrogen (secondary N) is 1. The molecule has 2 amide bonds. The number of aryl methyl sites for hydroxylation is 1. The largest absolute Gasteiger partial charge is 0.357 e. The fraction of sp³-hybridized carbons (Fsp3) is 0.333. The lowest BCUT2D eigenvalue weighted by molar-refractivity contribution is -0.139. The number of hydrogen-bond donors (Lipinski definition) is 1. The number of anilines is 1. The van der Waals surface area contributed by atoms with E-state index < -0.39 is 34.4 Å². The second-order valence-electron chi connectivity index (χ2n) is 7.25. The van der Waals surface area contributed by atoms with Crippen LogP contribution in [0.5, 0.6) is 0 Å². The highest BCUT2D eigenvalue weighted by atomic mass is 35.5. The number of carbonyl (C=O) groups is 2. The first-order valence-electron chi connectivity index (χ1n) is 9.54. The van der Waals surface area contributed by atoms with Gasteiger partial charge in [0.05, 0.1) is 11.9 Å². The van der Waals surface area contributed by atoms with Crippen LogP contribution >= 0.6 is 34.8 Å². The van der Waals surface area contributed by atoms with Gasteiger partial charge in [-0.25, -0.2) is 8.42 Å². The van der Waals surface area contributed by atoms with E-state index in [1.165, 1.54) is 24.1 Å². The number of carbonyl (C=O) groups excluding carboxylic acids is 2. The molecule has 0 spiro atoms. The summed E-state index contributed by atoms with van der Waals surface area (Å²) in [4.78, 5) is 27.0. The molecule has 0 unspecified atom stereocenters. The number of nitrogens with zero attached hydrogens (tertiary/aromatic N) is 2. The summed E-state index contributed by atoms with van der Waals surface area (Å²) in [5.74, 6) is -0.995. The van der Waals surface area contributed by atoms with Crippen molar-refractivity contribution in [2.75, 3.05) is 24.2 Å². The third-order valence-electron chi connectivity index (χ3n) is 4.89. The molecule has 32 heavy (non-hydrogen) atoms. The molecule has 2 aromatic rings. The van der Waals surface area contributed by atoms with Gasteiger partial charge in [0, 0.05) is 28.7 Å². The highest BCUT2D eigenvalue weighted by Crippen LogP contribution is 2.27. The van der Waals surface area contributed by atoms with Gasteiger partial charge in [-0.3, -0.25) is 13.9 Å². The lowest BCUT2D eigenvalue weighted by Crippen LogP contribution is -2.50. The number of rotatable bonds is 8. The van der Waals surface area contributed by atoms with E-state index in [0.717, 1.165) is 10.6 Å². The smallest absolute Gasteiger partial charge is 0.244 e. The number of halogens is 3. The van der Waals surface area contributed by atoms with Gasteiger partial charge in [0.25, 0.3) is 0 Å². The minimum absolute atomic E-state index is 0.0183. The average molecular weight is 521 g/mol. The number of sulfonamides is 1. The van der Waals surface area contributed by atoms with E-state index in [2.05, 4.69) is 5.32 Å². The fourth-order valence-corrected chi connectivity index (χ4v) is 4.60. The van der Waals surface area contributed by atoms with Gasteiger partial charge in [0.15, 0.2) is 0 Å². The Morgan fingerprint density at radius 3 is 2.22 bits per heavy atom. The predicted molar refractivity (Wildman–Crippen MR) is 129 cm³/mol. The molecule has 0 aliphatic heterocycles. The standard InChI is InChI=1S/C21H24Cl3N3O4S/c1-13-5-7-17(23)10-19(13)27(32(4,30)31)12-20(28)26(14(2)21(29)25-3)11-15-6-8-16(22)9-18(15)24/h5-10,14H,11-12H2,1-4H3,(H,25,29)/t14-/m1/s1. The Labute approximate surface area is 203 Å². The molecule has 2 aromatic carbocycles. The number of hydrogen-bond acceptors (Lipinski definition) is 4. The van der Waals surface area contributed by atoms with Crippen molar-refractivity contribution in [2.45, 2.75) is 26.4 Å². The molecular weight excluding hydrogens is 497 g/mol. The average Bonchev–Trinajstić information content (AvgIpc) is 2.71. The topological polar surface area (TPSA) is 86.8 Å². The van der Waals surface area contributed by atoms with Gasteiger partial charge >= 0.3 is 0 Å². The van der Waals surface area contributed by atoms with Crippen LogP contribution < -0.4 is 9.62 Å². The van der Waals surface area contributed by atoms with E-state index in [4.69, 9.17) is 34.8 Å². The maximum absolute atomic E-state index is 13.4. The Balaban J connectivity index is 2.46. The van der Waals surface area contributed by atoms with E-state index in [9.17, 15) is 18.0 Å². The summed E-state index contributed by atoms with van der Waals surface area (Å²) in [7, 11) is -2.39. The van der Waals surface area contributed by atoms with Crippen LogP contribution in [0.2, 0.25) is 15.1 Å². The van der Waals surface area contributed by atoms with E-state index in [-0.39, 0.29) is 12.2 Å². The first-order chi connectivity index (χ1) is 14.8. The molecule has 0 bridgehead atoms. The summed E-state index contributed by atoms with van der Waals surface area (Å²) < 4.78 is 26.1. The van der Waals surface area contributed by atoms with Crippen molar-refractivity contribution in [3.8, 4) is 0 Å². The van der Waals surface area contributed by atoms with Crippen LogP contribution in [-0.4, -0.2) is 51.0 Å². The molecule has 0 saturated heterocycles. The zero-order chi connectivity index (χ0) is 24.2. The van der Waals surface area contributed by atoms with Crippen LogP contribution in [0, 0.1) is 6.92 Å². The summed E-state index contributed by atoms with van der Waals surface area (Å²) in [6.07, 6.45) is 1.00. The van der Waals surface area contributed by atoms with Crippen molar-refractivity contribution in [2.24, 2.45) is 0 Å². The van der Waals surface area contributed by atoms with Gasteiger partial charge in [-0.1, -0.05) is 46.9 Å². The highest BCUT2D eigenvalue weighted by Gasteiger charge is 2.30. The molecule has 0 aliphatic rings. The Bertz CT molecular complexity index is 1130. The highest BCUT2D eigenvalue weighted by molar-refractivity contribution is 7.92. The van der Waals surface area contributed by atoms with Crippen LogP contribution in [-0.2, 0) is 26.2 Å². The molecular formula is C21H24Cl3N3O4S. The van der Waals surface area contributed by atoms with Crippen molar-refractivity contribution in [1.29, 1.82) is 0 Å². The lowest BCUT2D eigenvalue weighted by atomic mass is 10.1. The minimum Gasteiger partial charge on any atom is -0.357 e. The van der Waals surface area contributed by atoms with Crippen LogP contribution in [0.25, 0.3) is 0 Å². The number of benzene rings is 2. The molecule has 0 fully saturated rings. The first-order valence-corrected chi connectivity index (χ1v) is 12.5. The Kier molecular flexibility index (Phi) is 8.82. The third-order valence-corrected chi connectivity index (χ3v) is 6.84. The number of amides is 2. The van der Waals surface area contributed by atoms with Crippen molar-refractivity contribution in [3.05, 3.63) is 62.6 Å². The van der Waals surface area contributed by atoms with Crippen LogP contribution in [0.3, 0.4) is 0 Å². The fourth-order valence-electron chi connectivity index (χ4n) is 3.07. The van der Waals surface area contributed by atoms with Gasteiger partial charge < -0.3 is 10.2 Å². The summed E-state index contributed by atoms with van der Waals surface area (Å²) >= 11 is 18.3. The van der Waals surface area contributed by atoms with Crippen LogP contribution in [0.1, 0.15) is 18.1 Å². The molecule has 7 nitrogen and oxygen atoms in total. The van der Waals surface area contributed by atoms with Crippen molar-refractivity contribution < 1.29 is 18.0 Å². The van der Waals surface area contributed by atoms with Gasteiger partial charge in [0.1, 0.15) is 12.6 Å². The molecule has 2 rings (SSSR count). The number of likely N-dealkylation sites (N-methyl/N-ethyl adjacent to an activating group) is 1. The van der Waals surface area contributed by atoms with Gasteiger partial charge in [-0.2, -0.15) is 0 Å². The molecule has 174 valence electrons. The van der Waals surface area contributed by atoms with Crippen molar-refractivity contribution in [1.82, 2.24) is 10.2 Å². The SMILES string of the molecule is CNC(=O)[C@@H](C)N(Cc1ccc(Cl)cc1Cl)C(=O)CN(c1cc(Cl)ccc1C)S(C)(=O)=O. The molecule has 0 saturated carbocycles. The molecule has 0 heterocycles. The molecule has 0 aromatic heterocycles. The Hall–Kier alpha value is -2.00. The molecule has 1 atom stereocenters. The van der Waals surface area contributed by atoms with Crippen LogP contribution in [0.4, 0.5) is 5.69 Å². The maximum Gasteiger partial charge on any atom is 0.244 e. The predicted octanol–water partition coefficient (Wildman–Crippen LogP) is 3.88. The third kappa shape index (κ3) is 6.51. The summed E-state index contributed by atoms with van der Waals surface area (Å²) in [6, 6.07) is 8.69. The van der Waals surface area contributed by atoms with E-state index in [1.54, 1.807) is 38.1 Å². The second-order valence-corrected chi connectivity index (χ2v) is 10.4. The summed E-state index contributed by atoms with van der Waals surface area (Å²) in [5, 5.41) is 3.58. The van der Waals surface area contributed by atoms with Crippen molar-refractivity contribution in [3.63, 3.8) is 0 Å².